The highest BCUT2D eigenvalue weighted by atomic mass is 32.2. The number of Topliss-reactive ketones (excluding diaryl/α,β-unsaturated/α-hetero) is 1. The monoisotopic (exact) mass is 244 g/mol. The lowest BCUT2D eigenvalue weighted by Gasteiger charge is -2.12. The van der Waals surface area contributed by atoms with Crippen molar-refractivity contribution in [3.8, 4) is 0 Å². The first-order valence-electron chi connectivity index (χ1n) is 4.81. The summed E-state index contributed by atoms with van der Waals surface area (Å²) in [5.41, 5.74) is 0.293. The summed E-state index contributed by atoms with van der Waals surface area (Å²) in [7, 11) is 0. The zero-order valence-corrected chi connectivity index (χ0v) is 10.6. The minimum Gasteiger partial charge on any atom is -0.462 e. The van der Waals surface area contributed by atoms with Gasteiger partial charge in [0.05, 0.1) is 5.92 Å². The van der Waals surface area contributed by atoms with Gasteiger partial charge in [-0.15, -0.1) is 0 Å². The van der Waals surface area contributed by atoms with Crippen molar-refractivity contribution in [2.24, 2.45) is 5.92 Å². The number of ketones is 1. The summed E-state index contributed by atoms with van der Waals surface area (Å²) in [5, 5.41) is -0.0579. The Bertz CT molecular complexity index is 309. The number of ether oxygens (including phenoxy) is 1. The summed E-state index contributed by atoms with van der Waals surface area (Å²) in [5.74, 6) is -0.701. The topological polar surface area (TPSA) is 60.4 Å². The fraction of sp³-hybridized carbons (Fsp3) is 0.545. The van der Waals surface area contributed by atoms with Crippen LogP contribution in [0.5, 0.6) is 0 Å². The van der Waals surface area contributed by atoms with Crippen LogP contribution in [0.15, 0.2) is 12.2 Å². The highest BCUT2D eigenvalue weighted by molar-refractivity contribution is 8.13. The van der Waals surface area contributed by atoms with Crippen molar-refractivity contribution in [2.75, 3.05) is 12.4 Å². The lowest BCUT2D eigenvalue weighted by molar-refractivity contribution is -0.141. The largest absolute Gasteiger partial charge is 0.462 e. The van der Waals surface area contributed by atoms with E-state index in [9.17, 15) is 14.4 Å². The highest BCUT2D eigenvalue weighted by Crippen LogP contribution is 2.11. The van der Waals surface area contributed by atoms with Gasteiger partial charge in [-0.25, -0.2) is 4.79 Å². The Hall–Kier alpha value is -1.10. The van der Waals surface area contributed by atoms with Gasteiger partial charge < -0.3 is 4.74 Å². The average molecular weight is 244 g/mol. The van der Waals surface area contributed by atoms with Crippen molar-refractivity contribution >= 4 is 28.6 Å². The van der Waals surface area contributed by atoms with E-state index in [2.05, 4.69) is 6.58 Å². The predicted molar refractivity (Wildman–Crippen MR) is 63.1 cm³/mol. The van der Waals surface area contributed by atoms with Gasteiger partial charge >= 0.3 is 5.97 Å². The maximum Gasteiger partial charge on any atom is 0.333 e. The second-order valence-corrected chi connectivity index (χ2v) is 4.69. The van der Waals surface area contributed by atoms with E-state index in [-0.39, 0.29) is 17.5 Å². The molecule has 0 radical (unpaired) electrons. The number of rotatable bonds is 6. The highest BCUT2D eigenvalue weighted by Gasteiger charge is 2.18. The fourth-order valence-corrected chi connectivity index (χ4v) is 1.57. The lowest BCUT2D eigenvalue weighted by atomic mass is 10.1. The van der Waals surface area contributed by atoms with Crippen molar-refractivity contribution in [3.63, 3.8) is 0 Å². The van der Waals surface area contributed by atoms with Crippen molar-refractivity contribution in [1.82, 2.24) is 0 Å². The molecule has 5 heteroatoms. The molecular weight excluding hydrogens is 228 g/mol. The lowest BCUT2D eigenvalue weighted by Crippen LogP contribution is -2.23. The standard InChI is InChI=1S/C11H16O4S/c1-7(2)11(14)15-5-10(8(3)12)6-16-9(4)13/h10H,1,5-6H2,2-4H3. The van der Waals surface area contributed by atoms with Crippen LogP contribution >= 0.6 is 11.8 Å². The molecule has 0 aromatic heterocycles. The number of hydrogen-bond donors (Lipinski definition) is 0. The van der Waals surface area contributed by atoms with E-state index in [0.29, 0.717) is 11.3 Å². The van der Waals surface area contributed by atoms with Crippen LogP contribution in [-0.4, -0.2) is 29.2 Å². The van der Waals surface area contributed by atoms with Crippen LogP contribution in [-0.2, 0) is 19.1 Å². The number of carbonyl (C=O) groups excluding carboxylic acids is 3. The van der Waals surface area contributed by atoms with Gasteiger partial charge in [0.25, 0.3) is 0 Å². The molecule has 0 aromatic rings. The van der Waals surface area contributed by atoms with Gasteiger partial charge in [-0.1, -0.05) is 18.3 Å². The normalized spacial score (nSPS) is 11.7. The summed E-state index contributed by atoms with van der Waals surface area (Å²) >= 11 is 1.05. The molecule has 0 spiro atoms. The van der Waals surface area contributed by atoms with E-state index in [1.165, 1.54) is 20.8 Å². The molecule has 0 aromatic carbocycles. The molecule has 16 heavy (non-hydrogen) atoms. The average Bonchev–Trinajstić information content (AvgIpc) is 2.15. The third-order valence-electron chi connectivity index (χ3n) is 1.83. The molecule has 0 aliphatic rings. The summed E-state index contributed by atoms with van der Waals surface area (Å²) in [6.07, 6.45) is 0. The van der Waals surface area contributed by atoms with Crippen molar-refractivity contribution in [3.05, 3.63) is 12.2 Å². The predicted octanol–water partition coefficient (Wildman–Crippen LogP) is 1.59. The SMILES string of the molecule is C=C(C)C(=O)OCC(CSC(C)=O)C(C)=O. The van der Waals surface area contributed by atoms with Crippen LogP contribution in [0.1, 0.15) is 20.8 Å². The Kier molecular flexibility index (Phi) is 6.72. The van der Waals surface area contributed by atoms with Gasteiger partial charge in [0.2, 0.25) is 0 Å². The molecule has 0 aliphatic carbocycles. The summed E-state index contributed by atoms with van der Waals surface area (Å²) in [6, 6.07) is 0. The van der Waals surface area contributed by atoms with Gasteiger partial charge in [0, 0.05) is 18.2 Å². The first-order valence-corrected chi connectivity index (χ1v) is 5.79. The molecule has 0 N–H and O–H groups in total. The van der Waals surface area contributed by atoms with Gasteiger partial charge in [-0.05, 0) is 13.8 Å². The van der Waals surface area contributed by atoms with Crippen LogP contribution < -0.4 is 0 Å². The second kappa shape index (κ2) is 7.22. The third-order valence-corrected chi connectivity index (χ3v) is 2.80. The molecule has 1 atom stereocenters. The molecule has 4 nitrogen and oxygen atoms in total. The summed E-state index contributed by atoms with van der Waals surface area (Å²) in [6.45, 7) is 7.82. The minimum atomic E-state index is -0.515. The summed E-state index contributed by atoms with van der Waals surface area (Å²) < 4.78 is 4.88. The molecule has 90 valence electrons. The molecule has 1 unspecified atom stereocenters. The molecule has 0 bridgehead atoms. The Labute approximate surface area is 99.4 Å². The van der Waals surface area contributed by atoms with Crippen LogP contribution in [0.3, 0.4) is 0 Å². The van der Waals surface area contributed by atoms with Gasteiger partial charge in [-0.3, -0.25) is 9.59 Å². The quantitative estimate of drug-likeness (QED) is 0.524. The number of thioether (sulfide) groups is 1. The van der Waals surface area contributed by atoms with Crippen LogP contribution in [0.25, 0.3) is 0 Å². The zero-order valence-electron chi connectivity index (χ0n) is 9.74. The molecular formula is C11H16O4S. The van der Waals surface area contributed by atoms with Gasteiger partial charge in [0.15, 0.2) is 5.12 Å². The van der Waals surface area contributed by atoms with Crippen LogP contribution in [0.2, 0.25) is 0 Å². The maximum atomic E-state index is 11.2. The molecule has 0 amide bonds. The third kappa shape index (κ3) is 6.40. The van der Waals surface area contributed by atoms with Crippen LogP contribution in [0, 0.1) is 5.92 Å². The van der Waals surface area contributed by atoms with Crippen molar-refractivity contribution < 1.29 is 19.1 Å². The van der Waals surface area contributed by atoms with E-state index >= 15 is 0 Å². The molecule has 0 fully saturated rings. The zero-order chi connectivity index (χ0) is 12.7. The Morgan fingerprint density at radius 2 is 1.81 bits per heavy atom. The van der Waals surface area contributed by atoms with E-state index in [0.717, 1.165) is 11.8 Å². The summed E-state index contributed by atoms with van der Waals surface area (Å²) in [4.78, 5) is 33.0. The second-order valence-electron chi connectivity index (χ2n) is 3.49. The molecule has 0 rings (SSSR count). The Balaban J connectivity index is 4.14. The number of carbonyl (C=O) groups is 3. The Morgan fingerprint density at radius 1 is 1.25 bits per heavy atom. The maximum absolute atomic E-state index is 11.2. The minimum absolute atomic E-state index is 0.00130. The smallest absolute Gasteiger partial charge is 0.333 e. The van der Waals surface area contributed by atoms with Gasteiger partial charge in [0.1, 0.15) is 12.4 Å². The number of hydrogen-bond acceptors (Lipinski definition) is 5. The van der Waals surface area contributed by atoms with Crippen molar-refractivity contribution in [1.29, 1.82) is 0 Å². The molecule has 0 saturated heterocycles. The first kappa shape index (κ1) is 14.9. The molecule has 0 aliphatic heterocycles. The van der Waals surface area contributed by atoms with Crippen molar-refractivity contribution in [2.45, 2.75) is 20.8 Å². The Morgan fingerprint density at radius 3 is 2.19 bits per heavy atom. The van der Waals surface area contributed by atoms with E-state index in [1.807, 2.05) is 0 Å². The molecule has 0 heterocycles. The van der Waals surface area contributed by atoms with Gasteiger partial charge in [-0.2, -0.15) is 0 Å². The van der Waals surface area contributed by atoms with E-state index in [4.69, 9.17) is 4.74 Å². The van der Waals surface area contributed by atoms with E-state index in [1.54, 1.807) is 0 Å². The number of esters is 1. The van der Waals surface area contributed by atoms with Crippen LogP contribution in [0.4, 0.5) is 0 Å². The molecule has 0 saturated carbocycles. The van der Waals surface area contributed by atoms with E-state index < -0.39 is 11.9 Å². The first-order chi connectivity index (χ1) is 7.34. The fourth-order valence-electron chi connectivity index (χ4n) is 0.800.